The second-order valence-electron chi connectivity index (χ2n) is 9.00. The summed E-state index contributed by atoms with van der Waals surface area (Å²) in [6, 6.07) is 6.28. The summed E-state index contributed by atoms with van der Waals surface area (Å²) in [5.74, 6) is 2.16. The van der Waals surface area contributed by atoms with E-state index in [9.17, 15) is 4.79 Å². The van der Waals surface area contributed by atoms with Gasteiger partial charge < -0.3 is 14.5 Å². The van der Waals surface area contributed by atoms with E-state index in [1.54, 1.807) is 0 Å². The second kappa shape index (κ2) is 11.8. The van der Waals surface area contributed by atoms with Crippen molar-refractivity contribution in [2.75, 3.05) is 39.3 Å². The zero-order valence-electron chi connectivity index (χ0n) is 18.5. The van der Waals surface area contributed by atoms with E-state index in [1.165, 1.54) is 56.4 Å². The summed E-state index contributed by atoms with van der Waals surface area (Å²) in [5.41, 5.74) is 2.34. The molecule has 0 N–H and O–H groups in total. The zero-order chi connectivity index (χ0) is 19.9. The number of amides is 1. The second-order valence-corrected chi connectivity index (χ2v) is 9.00. The van der Waals surface area contributed by atoms with Gasteiger partial charge in [-0.2, -0.15) is 0 Å². The molecule has 1 aromatic carbocycles. The minimum absolute atomic E-state index is 0. The molecule has 0 spiro atoms. The van der Waals surface area contributed by atoms with Gasteiger partial charge in [0.25, 0.3) is 5.91 Å². The Labute approximate surface area is 183 Å². The van der Waals surface area contributed by atoms with Crippen LogP contribution in [-0.2, 0) is 4.79 Å². The molecule has 0 unspecified atom stereocenters. The van der Waals surface area contributed by atoms with Crippen LogP contribution in [0.5, 0.6) is 5.75 Å². The summed E-state index contributed by atoms with van der Waals surface area (Å²) in [6.45, 7) is 12.1. The van der Waals surface area contributed by atoms with E-state index in [2.05, 4.69) is 43.9 Å². The lowest BCUT2D eigenvalue weighted by Gasteiger charge is -2.34. The van der Waals surface area contributed by atoms with E-state index in [0.717, 1.165) is 37.6 Å². The van der Waals surface area contributed by atoms with Crippen LogP contribution in [-0.4, -0.2) is 55.0 Å². The normalized spacial score (nSPS) is 18.6. The number of hydrogen-bond acceptors (Lipinski definition) is 3. The molecule has 2 aliphatic heterocycles. The SMILES string of the molecule is Cc1ccc(C(C)C)c(OCC(=O)N2CCC(CCN3CCCCC3)CC2)c1.Cl. The Morgan fingerprint density at radius 2 is 1.79 bits per heavy atom. The number of nitrogens with zero attached hydrogens (tertiary/aromatic N) is 2. The van der Waals surface area contributed by atoms with Crippen LogP contribution in [0.1, 0.15) is 69.4 Å². The largest absolute Gasteiger partial charge is 0.483 e. The van der Waals surface area contributed by atoms with Crippen molar-refractivity contribution in [3.8, 4) is 5.75 Å². The number of benzene rings is 1. The highest BCUT2D eigenvalue weighted by atomic mass is 35.5. The van der Waals surface area contributed by atoms with Crippen molar-refractivity contribution in [1.29, 1.82) is 0 Å². The Morgan fingerprint density at radius 1 is 1.10 bits per heavy atom. The standard InChI is InChI=1S/C24H38N2O2.ClH/c1-19(2)22-8-7-20(3)17-23(22)28-18-24(27)26-15-10-21(11-16-26)9-14-25-12-5-4-6-13-25;/h7-8,17,19,21H,4-6,9-16,18H2,1-3H3;1H. The summed E-state index contributed by atoms with van der Waals surface area (Å²) < 4.78 is 5.95. The fourth-order valence-corrected chi connectivity index (χ4v) is 4.49. The summed E-state index contributed by atoms with van der Waals surface area (Å²) in [5, 5.41) is 0. The number of rotatable bonds is 7. The van der Waals surface area contributed by atoms with Gasteiger partial charge in [0.2, 0.25) is 0 Å². The lowest BCUT2D eigenvalue weighted by molar-refractivity contribution is -0.134. The van der Waals surface area contributed by atoms with Gasteiger partial charge in [-0.3, -0.25) is 4.79 Å². The predicted molar refractivity (Wildman–Crippen MR) is 122 cm³/mol. The first-order valence-corrected chi connectivity index (χ1v) is 11.3. The lowest BCUT2D eigenvalue weighted by atomic mass is 9.93. The Hall–Kier alpha value is -1.26. The molecule has 2 fully saturated rings. The van der Waals surface area contributed by atoms with E-state index in [1.807, 2.05) is 4.90 Å². The number of piperidine rings is 2. The first-order valence-electron chi connectivity index (χ1n) is 11.3. The van der Waals surface area contributed by atoms with E-state index < -0.39 is 0 Å². The smallest absolute Gasteiger partial charge is 0.260 e. The Bertz CT molecular complexity index is 636. The molecule has 3 rings (SSSR count). The molecule has 5 heteroatoms. The highest BCUT2D eigenvalue weighted by Gasteiger charge is 2.24. The summed E-state index contributed by atoms with van der Waals surface area (Å²) in [4.78, 5) is 17.3. The molecule has 0 aromatic heterocycles. The number of likely N-dealkylation sites (tertiary alicyclic amines) is 2. The predicted octanol–water partition coefficient (Wildman–Crippen LogP) is 5.03. The van der Waals surface area contributed by atoms with Gasteiger partial charge in [0.15, 0.2) is 6.61 Å². The fourth-order valence-electron chi connectivity index (χ4n) is 4.49. The summed E-state index contributed by atoms with van der Waals surface area (Å²) >= 11 is 0. The number of ether oxygens (including phenoxy) is 1. The number of aryl methyl sites for hydroxylation is 1. The third kappa shape index (κ3) is 7.18. The van der Waals surface area contributed by atoms with Crippen molar-refractivity contribution >= 4 is 18.3 Å². The zero-order valence-corrected chi connectivity index (χ0v) is 19.3. The number of carbonyl (C=O) groups is 1. The van der Waals surface area contributed by atoms with E-state index in [-0.39, 0.29) is 24.9 Å². The van der Waals surface area contributed by atoms with Gasteiger partial charge in [-0.25, -0.2) is 0 Å². The molecule has 0 saturated carbocycles. The molecule has 29 heavy (non-hydrogen) atoms. The van der Waals surface area contributed by atoms with Crippen LogP contribution in [0, 0.1) is 12.8 Å². The maximum absolute atomic E-state index is 12.6. The summed E-state index contributed by atoms with van der Waals surface area (Å²) in [6.07, 6.45) is 7.71. The minimum atomic E-state index is 0. The van der Waals surface area contributed by atoms with E-state index in [4.69, 9.17) is 4.74 Å². The van der Waals surface area contributed by atoms with Crippen LogP contribution < -0.4 is 4.74 Å². The van der Waals surface area contributed by atoms with Crippen LogP contribution in [0.3, 0.4) is 0 Å². The first-order chi connectivity index (χ1) is 13.5. The molecule has 2 heterocycles. The van der Waals surface area contributed by atoms with Gasteiger partial charge in [-0.05, 0) is 87.7 Å². The van der Waals surface area contributed by atoms with Crippen LogP contribution in [0.4, 0.5) is 0 Å². The van der Waals surface area contributed by atoms with E-state index >= 15 is 0 Å². The van der Waals surface area contributed by atoms with Crippen LogP contribution >= 0.6 is 12.4 Å². The number of halogens is 1. The fraction of sp³-hybridized carbons (Fsp3) is 0.708. The van der Waals surface area contributed by atoms with Crippen LogP contribution in [0.25, 0.3) is 0 Å². The molecular weight excluding hydrogens is 384 g/mol. The van der Waals surface area contributed by atoms with Crippen molar-refractivity contribution < 1.29 is 9.53 Å². The van der Waals surface area contributed by atoms with Crippen molar-refractivity contribution in [3.63, 3.8) is 0 Å². The quantitative estimate of drug-likeness (QED) is 0.617. The molecule has 164 valence electrons. The topological polar surface area (TPSA) is 32.8 Å². The lowest BCUT2D eigenvalue weighted by Crippen LogP contribution is -2.41. The maximum Gasteiger partial charge on any atom is 0.260 e. The molecular formula is C24H39ClN2O2. The molecule has 0 bridgehead atoms. The molecule has 0 radical (unpaired) electrons. The van der Waals surface area contributed by atoms with Gasteiger partial charge in [-0.15, -0.1) is 12.4 Å². The van der Waals surface area contributed by atoms with Crippen molar-refractivity contribution in [2.24, 2.45) is 5.92 Å². The number of carbonyl (C=O) groups excluding carboxylic acids is 1. The van der Waals surface area contributed by atoms with Gasteiger partial charge in [0, 0.05) is 13.1 Å². The molecule has 2 saturated heterocycles. The van der Waals surface area contributed by atoms with Crippen molar-refractivity contribution in [2.45, 2.75) is 65.2 Å². The minimum Gasteiger partial charge on any atom is -0.483 e. The third-order valence-corrected chi connectivity index (χ3v) is 6.41. The average molecular weight is 423 g/mol. The molecule has 1 aromatic rings. The maximum atomic E-state index is 12.6. The highest BCUT2D eigenvalue weighted by Crippen LogP contribution is 2.28. The molecule has 1 amide bonds. The number of hydrogen-bond donors (Lipinski definition) is 0. The van der Waals surface area contributed by atoms with Gasteiger partial charge in [-0.1, -0.05) is 32.4 Å². The third-order valence-electron chi connectivity index (χ3n) is 6.41. The average Bonchev–Trinajstić information content (AvgIpc) is 2.71. The highest BCUT2D eigenvalue weighted by molar-refractivity contribution is 5.85. The molecule has 4 nitrogen and oxygen atoms in total. The molecule has 2 aliphatic rings. The van der Waals surface area contributed by atoms with E-state index in [0.29, 0.717) is 5.92 Å². The first kappa shape index (κ1) is 24.0. The molecule has 0 aliphatic carbocycles. The van der Waals surface area contributed by atoms with Crippen molar-refractivity contribution in [1.82, 2.24) is 9.80 Å². The Kier molecular flexibility index (Phi) is 9.78. The Balaban J connectivity index is 0.00000300. The van der Waals surface area contributed by atoms with Gasteiger partial charge >= 0.3 is 0 Å². The monoisotopic (exact) mass is 422 g/mol. The van der Waals surface area contributed by atoms with Gasteiger partial charge in [0.05, 0.1) is 0 Å². The molecule has 0 atom stereocenters. The summed E-state index contributed by atoms with van der Waals surface area (Å²) in [7, 11) is 0. The van der Waals surface area contributed by atoms with Crippen LogP contribution in [0.15, 0.2) is 18.2 Å². The van der Waals surface area contributed by atoms with Crippen LogP contribution in [0.2, 0.25) is 0 Å². The van der Waals surface area contributed by atoms with Crippen molar-refractivity contribution in [3.05, 3.63) is 29.3 Å². The van der Waals surface area contributed by atoms with Gasteiger partial charge in [0.1, 0.15) is 5.75 Å². The Morgan fingerprint density at radius 3 is 2.45 bits per heavy atom.